The maximum Gasteiger partial charge on any atom is 0.139 e. The van der Waals surface area contributed by atoms with Crippen LogP contribution in [0.4, 0.5) is 0 Å². The largest absolute Gasteiger partial charge is 0.384 e. The molecule has 5 heteroatoms. The van der Waals surface area contributed by atoms with E-state index in [1.807, 2.05) is 25.3 Å². The van der Waals surface area contributed by atoms with Gasteiger partial charge in [-0.15, -0.1) is 0 Å². The van der Waals surface area contributed by atoms with Crippen molar-refractivity contribution >= 4 is 5.84 Å². The van der Waals surface area contributed by atoms with E-state index in [2.05, 4.69) is 9.97 Å². The second kappa shape index (κ2) is 4.01. The monoisotopic (exact) mass is 229 g/mol. The molecule has 0 saturated heterocycles. The maximum atomic E-state index is 7.48. The van der Waals surface area contributed by atoms with Gasteiger partial charge in [0.15, 0.2) is 0 Å². The molecule has 0 bridgehead atoms. The Balaban J connectivity index is 2.60. The molecule has 2 heterocycles. The number of aryl methyl sites for hydroxylation is 2. The third-order valence-electron chi connectivity index (χ3n) is 2.75. The summed E-state index contributed by atoms with van der Waals surface area (Å²) in [5.74, 6) is 0.791. The lowest BCUT2D eigenvalue weighted by molar-refractivity contribution is 0.936. The Morgan fingerprint density at radius 2 is 2.00 bits per heavy atom. The van der Waals surface area contributed by atoms with Crippen LogP contribution in [0.15, 0.2) is 18.5 Å². The van der Waals surface area contributed by atoms with Gasteiger partial charge < -0.3 is 5.73 Å². The lowest BCUT2D eigenvalue weighted by Crippen LogP contribution is -2.13. The van der Waals surface area contributed by atoms with Gasteiger partial charge >= 0.3 is 0 Å². The van der Waals surface area contributed by atoms with Crippen molar-refractivity contribution in [3.05, 3.63) is 41.1 Å². The molecule has 2 aromatic heterocycles. The van der Waals surface area contributed by atoms with Crippen LogP contribution >= 0.6 is 0 Å². The zero-order chi connectivity index (χ0) is 12.6. The summed E-state index contributed by atoms with van der Waals surface area (Å²) in [6.45, 7) is 5.82. The van der Waals surface area contributed by atoms with E-state index < -0.39 is 0 Å². The SMILES string of the molecule is Cc1cc(C(=N)N)cc(-n2cnc(C)c2C)n1. The van der Waals surface area contributed by atoms with Crippen molar-refractivity contribution in [2.45, 2.75) is 20.8 Å². The first-order valence-electron chi connectivity index (χ1n) is 5.33. The zero-order valence-electron chi connectivity index (χ0n) is 10.2. The number of nitrogen functional groups attached to an aromatic ring is 1. The van der Waals surface area contributed by atoms with Crippen LogP contribution < -0.4 is 5.73 Å². The zero-order valence-corrected chi connectivity index (χ0v) is 10.2. The van der Waals surface area contributed by atoms with Gasteiger partial charge in [-0.2, -0.15) is 0 Å². The number of pyridine rings is 1. The number of hydrogen-bond donors (Lipinski definition) is 2. The van der Waals surface area contributed by atoms with Gasteiger partial charge in [-0.05, 0) is 32.9 Å². The molecule has 5 nitrogen and oxygen atoms in total. The molecule has 0 aromatic carbocycles. The number of rotatable bonds is 2. The van der Waals surface area contributed by atoms with E-state index in [0.717, 1.165) is 22.9 Å². The molecule has 0 atom stereocenters. The highest BCUT2D eigenvalue weighted by molar-refractivity contribution is 5.95. The fourth-order valence-corrected chi connectivity index (χ4v) is 1.66. The van der Waals surface area contributed by atoms with Crippen molar-refractivity contribution in [2.24, 2.45) is 5.73 Å². The Morgan fingerprint density at radius 1 is 1.29 bits per heavy atom. The fourth-order valence-electron chi connectivity index (χ4n) is 1.66. The average molecular weight is 229 g/mol. The van der Waals surface area contributed by atoms with E-state index >= 15 is 0 Å². The Labute approximate surface area is 99.8 Å². The predicted molar refractivity (Wildman–Crippen MR) is 66.6 cm³/mol. The van der Waals surface area contributed by atoms with Gasteiger partial charge in [0.2, 0.25) is 0 Å². The summed E-state index contributed by atoms with van der Waals surface area (Å²) < 4.78 is 1.90. The lowest BCUT2D eigenvalue weighted by Gasteiger charge is -2.08. The van der Waals surface area contributed by atoms with Crippen molar-refractivity contribution in [1.82, 2.24) is 14.5 Å². The van der Waals surface area contributed by atoms with Gasteiger partial charge in [-0.25, -0.2) is 9.97 Å². The normalized spacial score (nSPS) is 10.5. The van der Waals surface area contributed by atoms with Crippen LogP contribution in [0.5, 0.6) is 0 Å². The van der Waals surface area contributed by atoms with E-state index in [0.29, 0.717) is 5.56 Å². The summed E-state index contributed by atoms with van der Waals surface area (Å²) in [4.78, 5) is 8.67. The standard InChI is InChI=1S/C12H15N5/c1-7-4-10(12(13)14)5-11(16-7)17-6-15-8(2)9(17)3/h4-6H,1-3H3,(H3,13,14). The second-order valence-corrected chi connectivity index (χ2v) is 4.05. The van der Waals surface area contributed by atoms with E-state index in [1.54, 1.807) is 18.5 Å². The van der Waals surface area contributed by atoms with Crippen LogP contribution in [0.25, 0.3) is 5.82 Å². The molecule has 0 aliphatic rings. The number of amidine groups is 1. The van der Waals surface area contributed by atoms with Crippen LogP contribution in [0, 0.1) is 26.2 Å². The molecular formula is C12H15N5. The first-order valence-corrected chi connectivity index (χ1v) is 5.33. The van der Waals surface area contributed by atoms with Crippen LogP contribution in [0.1, 0.15) is 22.6 Å². The number of nitrogens with two attached hydrogens (primary N) is 1. The lowest BCUT2D eigenvalue weighted by atomic mass is 10.2. The second-order valence-electron chi connectivity index (χ2n) is 4.05. The molecule has 2 rings (SSSR count). The molecular weight excluding hydrogens is 214 g/mol. The quantitative estimate of drug-likeness (QED) is 0.604. The summed E-state index contributed by atoms with van der Waals surface area (Å²) in [7, 11) is 0. The van der Waals surface area contributed by atoms with Crippen LogP contribution in [0.3, 0.4) is 0 Å². The van der Waals surface area contributed by atoms with Crippen LogP contribution in [-0.2, 0) is 0 Å². The number of aromatic nitrogens is 3. The predicted octanol–water partition coefficient (Wildman–Crippen LogP) is 1.48. The van der Waals surface area contributed by atoms with E-state index in [1.165, 1.54) is 0 Å². The first-order chi connectivity index (χ1) is 7.99. The highest BCUT2D eigenvalue weighted by Gasteiger charge is 2.08. The third kappa shape index (κ3) is 2.04. The third-order valence-corrected chi connectivity index (χ3v) is 2.75. The van der Waals surface area contributed by atoms with Crippen molar-refractivity contribution in [1.29, 1.82) is 5.41 Å². The minimum Gasteiger partial charge on any atom is -0.384 e. The number of hydrogen-bond acceptors (Lipinski definition) is 3. The molecule has 0 radical (unpaired) electrons. The van der Waals surface area contributed by atoms with Gasteiger partial charge in [-0.1, -0.05) is 0 Å². The molecule has 88 valence electrons. The summed E-state index contributed by atoms with van der Waals surface area (Å²) in [5.41, 5.74) is 9.02. The van der Waals surface area contributed by atoms with Gasteiger partial charge in [0, 0.05) is 17.0 Å². The molecule has 0 unspecified atom stereocenters. The van der Waals surface area contributed by atoms with Crippen molar-refractivity contribution < 1.29 is 0 Å². The molecule has 0 spiro atoms. The molecule has 0 fully saturated rings. The average Bonchev–Trinajstić information content (AvgIpc) is 2.59. The molecule has 0 aliphatic carbocycles. The Bertz CT molecular complexity index is 583. The summed E-state index contributed by atoms with van der Waals surface area (Å²) in [6.07, 6.45) is 1.73. The molecule has 17 heavy (non-hydrogen) atoms. The summed E-state index contributed by atoms with van der Waals surface area (Å²) in [5, 5.41) is 7.48. The van der Waals surface area contributed by atoms with Crippen LogP contribution in [-0.4, -0.2) is 20.4 Å². The van der Waals surface area contributed by atoms with E-state index in [-0.39, 0.29) is 5.84 Å². The molecule has 3 N–H and O–H groups in total. The minimum absolute atomic E-state index is 0.0474. The molecule has 0 amide bonds. The van der Waals surface area contributed by atoms with E-state index in [9.17, 15) is 0 Å². The Kier molecular flexibility index (Phi) is 2.67. The smallest absolute Gasteiger partial charge is 0.139 e. The first kappa shape index (κ1) is 11.3. The van der Waals surface area contributed by atoms with Gasteiger partial charge in [0.05, 0.1) is 5.69 Å². The Hall–Kier alpha value is -2.17. The van der Waals surface area contributed by atoms with Gasteiger partial charge in [0.25, 0.3) is 0 Å². The summed E-state index contributed by atoms with van der Waals surface area (Å²) >= 11 is 0. The maximum absolute atomic E-state index is 7.48. The molecule has 2 aromatic rings. The Morgan fingerprint density at radius 3 is 2.53 bits per heavy atom. The van der Waals surface area contributed by atoms with Crippen molar-refractivity contribution in [3.63, 3.8) is 0 Å². The number of nitrogens with one attached hydrogen (secondary N) is 1. The van der Waals surface area contributed by atoms with Crippen LogP contribution in [0.2, 0.25) is 0 Å². The van der Waals surface area contributed by atoms with Gasteiger partial charge in [-0.3, -0.25) is 9.98 Å². The fraction of sp³-hybridized carbons (Fsp3) is 0.250. The molecule has 0 aliphatic heterocycles. The number of nitrogens with zero attached hydrogens (tertiary/aromatic N) is 3. The minimum atomic E-state index is 0.0474. The molecule has 0 saturated carbocycles. The van der Waals surface area contributed by atoms with Crippen molar-refractivity contribution in [2.75, 3.05) is 0 Å². The van der Waals surface area contributed by atoms with E-state index in [4.69, 9.17) is 11.1 Å². The van der Waals surface area contributed by atoms with Crippen molar-refractivity contribution in [3.8, 4) is 5.82 Å². The number of imidazole rings is 1. The van der Waals surface area contributed by atoms with Gasteiger partial charge in [0.1, 0.15) is 18.0 Å². The summed E-state index contributed by atoms with van der Waals surface area (Å²) in [6, 6.07) is 3.59. The topological polar surface area (TPSA) is 80.6 Å². The highest BCUT2D eigenvalue weighted by atomic mass is 15.1. The highest BCUT2D eigenvalue weighted by Crippen LogP contribution is 2.14.